The van der Waals surface area contributed by atoms with Crippen LogP contribution >= 0.6 is 15.9 Å². The van der Waals surface area contributed by atoms with Crippen molar-refractivity contribution in [3.8, 4) is 0 Å². The third-order valence-electron chi connectivity index (χ3n) is 3.49. The van der Waals surface area contributed by atoms with Gasteiger partial charge in [0.25, 0.3) is 5.69 Å². The van der Waals surface area contributed by atoms with Gasteiger partial charge < -0.3 is 4.42 Å². The summed E-state index contributed by atoms with van der Waals surface area (Å²) in [7, 11) is 0. The molecule has 124 valence electrons. The molecule has 3 rings (SSSR count). The first-order chi connectivity index (χ1) is 11.9. The Morgan fingerprint density at radius 3 is 2.52 bits per heavy atom. The first-order valence-electron chi connectivity index (χ1n) is 7.14. The maximum absolute atomic E-state index is 12.3. The molecular weight excluding hydrogens is 390 g/mol. The maximum atomic E-state index is 12.3. The number of hydrogen-bond donors (Lipinski definition) is 0. The second-order valence-electron chi connectivity index (χ2n) is 5.18. The summed E-state index contributed by atoms with van der Waals surface area (Å²) in [6.45, 7) is 0. The van der Waals surface area contributed by atoms with E-state index in [0.717, 1.165) is 10.0 Å². The summed E-state index contributed by atoms with van der Waals surface area (Å²) in [5.41, 5.74) is -0.139. The molecule has 0 aliphatic carbocycles. The van der Waals surface area contributed by atoms with Gasteiger partial charge in [-0.25, -0.2) is 4.79 Å². The van der Waals surface area contributed by atoms with Gasteiger partial charge in [-0.3, -0.25) is 14.9 Å². The number of benzene rings is 2. The summed E-state index contributed by atoms with van der Waals surface area (Å²) in [5, 5.41) is 11.2. The molecule has 0 radical (unpaired) electrons. The number of nitro benzene ring substituents is 1. The third kappa shape index (κ3) is 3.72. The van der Waals surface area contributed by atoms with Gasteiger partial charge in [-0.2, -0.15) is 0 Å². The number of non-ortho nitro benzene ring substituents is 1. The van der Waals surface area contributed by atoms with E-state index >= 15 is 0 Å². The number of allylic oxidation sites excluding steroid dienone is 1. The number of nitro groups is 1. The van der Waals surface area contributed by atoms with Crippen LogP contribution < -0.4 is 5.63 Å². The number of carbonyl (C=O) groups excluding carboxylic acids is 1. The van der Waals surface area contributed by atoms with Crippen LogP contribution in [-0.4, -0.2) is 10.7 Å². The van der Waals surface area contributed by atoms with Gasteiger partial charge in [-0.05, 0) is 35.9 Å². The Bertz CT molecular complexity index is 1070. The lowest BCUT2D eigenvalue weighted by Gasteiger charge is -2.00. The molecule has 7 heteroatoms. The summed E-state index contributed by atoms with van der Waals surface area (Å²) in [4.78, 5) is 34.6. The summed E-state index contributed by atoms with van der Waals surface area (Å²) in [6.07, 6.45) is 2.84. The van der Waals surface area contributed by atoms with Crippen molar-refractivity contribution in [1.29, 1.82) is 0 Å². The second-order valence-corrected chi connectivity index (χ2v) is 6.09. The molecule has 0 saturated heterocycles. The smallest absolute Gasteiger partial charge is 0.347 e. The number of halogens is 1. The predicted octanol–water partition coefficient (Wildman–Crippen LogP) is 4.36. The van der Waals surface area contributed by atoms with Crippen molar-refractivity contribution >= 4 is 44.4 Å². The predicted molar refractivity (Wildman–Crippen MR) is 96.6 cm³/mol. The molecule has 3 aromatic rings. The van der Waals surface area contributed by atoms with Gasteiger partial charge in [0.15, 0.2) is 5.78 Å². The minimum atomic E-state index is -0.785. The van der Waals surface area contributed by atoms with Crippen molar-refractivity contribution in [3.63, 3.8) is 0 Å². The SMILES string of the molecule is O=C(C=Cc1ccc(Br)cc1)c1cc2cc([N+](=O)[O-])ccc2oc1=O. The van der Waals surface area contributed by atoms with Crippen LogP contribution in [0.3, 0.4) is 0 Å². The number of ketones is 1. The van der Waals surface area contributed by atoms with Crippen LogP contribution in [0.1, 0.15) is 15.9 Å². The molecular formula is C18H10BrNO5. The van der Waals surface area contributed by atoms with Gasteiger partial charge in [0.1, 0.15) is 11.1 Å². The lowest BCUT2D eigenvalue weighted by Crippen LogP contribution is -2.12. The Morgan fingerprint density at radius 2 is 1.84 bits per heavy atom. The normalized spacial score (nSPS) is 11.1. The highest BCUT2D eigenvalue weighted by Crippen LogP contribution is 2.21. The van der Waals surface area contributed by atoms with Gasteiger partial charge in [-0.15, -0.1) is 0 Å². The van der Waals surface area contributed by atoms with E-state index in [1.807, 2.05) is 12.1 Å². The fraction of sp³-hybridized carbons (Fsp3) is 0. The molecule has 2 aromatic carbocycles. The van der Waals surface area contributed by atoms with E-state index in [1.54, 1.807) is 18.2 Å². The quantitative estimate of drug-likeness (QED) is 0.213. The molecule has 0 amide bonds. The highest BCUT2D eigenvalue weighted by molar-refractivity contribution is 9.10. The van der Waals surface area contributed by atoms with E-state index in [0.29, 0.717) is 5.39 Å². The molecule has 0 aliphatic rings. The maximum Gasteiger partial charge on any atom is 0.347 e. The van der Waals surface area contributed by atoms with Crippen molar-refractivity contribution in [3.05, 3.63) is 90.7 Å². The highest BCUT2D eigenvalue weighted by atomic mass is 79.9. The van der Waals surface area contributed by atoms with Crippen molar-refractivity contribution in [2.75, 3.05) is 0 Å². The largest absolute Gasteiger partial charge is 0.422 e. The molecule has 0 N–H and O–H groups in total. The van der Waals surface area contributed by atoms with E-state index < -0.39 is 16.3 Å². The van der Waals surface area contributed by atoms with Gasteiger partial charge >= 0.3 is 5.63 Å². The van der Waals surface area contributed by atoms with E-state index in [-0.39, 0.29) is 16.8 Å². The monoisotopic (exact) mass is 399 g/mol. The molecule has 0 bridgehead atoms. The molecule has 0 aliphatic heterocycles. The van der Waals surface area contributed by atoms with E-state index in [4.69, 9.17) is 4.42 Å². The summed E-state index contributed by atoms with van der Waals surface area (Å²) >= 11 is 3.32. The Labute approximate surface area is 149 Å². The summed E-state index contributed by atoms with van der Waals surface area (Å²) in [6, 6.07) is 12.4. The summed E-state index contributed by atoms with van der Waals surface area (Å²) < 4.78 is 5.99. The molecule has 0 fully saturated rings. The molecule has 6 nitrogen and oxygen atoms in total. The molecule has 0 atom stereocenters. The zero-order chi connectivity index (χ0) is 18.0. The number of carbonyl (C=O) groups is 1. The van der Waals surface area contributed by atoms with Crippen LogP contribution in [0.25, 0.3) is 17.0 Å². The van der Waals surface area contributed by atoms with Crippen LogP contribution in [-0.2, 0) is 0 Å². The van der Waals surface area contributed by atoms with Crippen molar-refractivity contribution in [2.24, 2.45) is 0 Å². The van der Waals surface area contributed by atoms with Crippen LogP contribution in [0.5, 0.6) is 0 Å². The van der Waals surface area contributed by atoms with Gasteiger partial charge in [-0.1, -0.05) is 34.1 Å². The van der Waals surface area contributed by atoms with Gasteiger partial charge in [0.05, 0.1) is 4.92 Å². The molecule has 1 aromatic heterocycles. The van der Waals surface area contributed by atoms with Crippen LogP contribution in [0.15, 0.2) is 68.3 Å². The highest BCUT2D eigenvalue weighted by Gasteiger charge is 2.14. The van der Waals surface area contributed by atoms with Crippen molar-refractivity contribution in [1.82, 2.24) is 0 Å². The number of hydrogen-bond acceptors (Lipinski definition) is 5. The average Bonchev–Trinajstić information content (AvgIpc) is 2.60. The third-order valence-corrected chi connectivity index (χ3v) is 4.02. The Kier molecular flexibility index (Phi) is 4.58. The molecule has 1 heterocycles. The van der Waals surface area contributed by atoms with Gasteiger partial charge in [0.2, 0.25) is 0 Å². The van der Waals surface area contributed by atoms with E-state index in [1.165, 1.54) is 30.3 Å². The average molecular weight is 400 g/mol. The Hall–Kier alpha value is -3.06. The number of fused-ring (bicyclic) bond motifs is 1. The molecule has 0 saturated carbocycles. The lowest BCUT2D eigenvalue weighted by atomic mass is 10.1. The van der Waals surface area contributed by atoms with E-state index in [2.05, 4.69) is 15.9 Å². The van der Waals surface area contributed by atoms with Crippen molar-refractivity contribution < 1.29 is 14.1 Å². The van der Waals surface area contributed by atoms with Crippen LogP contribution in [0, 0.1) is 10.1 Å². The standard InChI is InChI=1S/C18H10BrNO5/c19-13-4-1-11(2-5-13)3-7-16(21)15-10-12-9-14(20(23)24)6-8-17(12)25-18(15)22/h1-10H. The second kappa shape index (κ2) is 6.82. The Morgan fingerprint density at radius 1 is 1.12 bits per heavy atom. The van der Waals surface area contributed by atoms with E-state index in [9.17, 15) is 19.7 Å². The summed E-state index contributed by atoms with van der Waals surface area (Å²) in [5.74, 6) is -0.537. The number of nitrogens with zero attached hydrogens (tertiary/aromatic N) is 1. The van der Waals surface area contributed by atoms with Crippen LogP contribution in [0.2, 0.25) is 0 Å². The zero-order valence-electron chi connectivity index (χ0n) is 12.6. The number of rotatable bonds is 4. The fourth-order valence-corrected chi connectivity index (χ4v) is 2.50. The topological polar surface area (TPSA) is 90.4 Å². The first-order valence-corrected chi connectivity index (χ1v) is 7.93. The minimum Gasteiger partial charge on any atom is -0.422 e. The van der Waals surface area contributed by atoms with Gasteiger partial charge in [0, 0.05) is 22.0 Å². The zero-order valence-corrected chi connectivity index (χ0v) is 14.2. The lowest BCUT2D eigenvalue weighted by molar-refractivity contribution is -0.384. The van der Waals surface area contributed by atoms with Crippen molar-refractivity contribution in [2.45, 2.75) is 0 Å². The molecule has 0 unspecified atom stereocenters. The Balaban J connectivity index is 1.97. The molecule has 25 heavy (non-hydrogen) atoms. The fourth-order valence-electron chi connectivity index (χ4n) is 2.23. The minimum absolute atomic E-state index is 0.148. The first kappa shape index (κ1) is 16.8. The van der Waals surface area contributed by atoms with Crippen LogP contribution in [0.4, 0.5) is 5.69 Å². The molecule has 0 spiro atoms.